The minimum atomic E-state index is -0.508. The van der Waals surface area contributed by atoms with Crippen molar-refractivity contribution < 1.29 is 9.53 Å². The van der Waals surface area contributed by atoms with Crippen LogP contribution in [-0.2, 0) is 11.3 Å². The molecular formula is C16H17NO2. The minimum absolute atomic E-state index is 0.118. The van der Waals surface area contributed by atoms with Gasteiger partial charge in [0.1, 0.15) is 5.75 Å². The number of rotatable bonds is 5. The van der Waals surface area contributed by atoms with Crippen LogP contribution in [0.25, 0.3) is 0 Å². The van der Waals surface area contributed by atoms with Gasteiger partial charge in [-0.2, -0.15) is 0 Å². The third-order valence-electron chi connectivity index (χ3n) is 2.73. The number of carbonyl (C=O) groups is 1. The van der Waals surface area contributed by atoms with Crippen LogP contribution >= 0.6 is 0 Å². The monoisotopic (exact) mass is 255 g/mol. The lowest BCUT2D eigenvalue weighted by Gasteiger charge is -2.14. The molecule has 0 unspecified atom stereocenters. The fourth-order valence-electron chi connectivity index (χ4n) is 1.69. The summed E-state index contributed by atoms with van der Waals surface area (Å²) in [6.45, 7) is 2.26. The number of hydrogen-bond acceptors (Lipinski definition) is 2. The molecule has 0 saturated carbocycles. The van der Waals surface area contributed by atoms with Crippen molar-refractivity contribution in [3.63, 3.8) is 0 Å². The van der Waals surface area contributed by atoms with Crippen molar-refractivity contribution in [1.29, 1.82) is 0 Å². The Morgan fingerprint density at radius 3 is 2.26 bits per heavy atom. The molecule has 0 fully saturated rings. The molecule has 1 amide bonds. The van der Waals surface area contributed by atoms with Gasteiger partial charge in [-0.15, -0.1) is 0 Å². The van der Waals surface area contributed by atoms with Crippen molar-refractivity contribution in [3.8, 4) is 5.75 Å². The van der Waals surface area contributed by atoms with Gasteiger partial charge in [0, 0.05) is 6.54 Å². The Labute approximate surface area is 113 Å². The van der Waals surface area contributed by atoms with Crippen molar-refractivity contribution in [2.75, 3.05) is 0 Å². The van der Waals surface area contributed by atoms with E-state index in [2.05, 4.69) is 5.32 Å². The first-order chi connectivity index (χ1) is 9.25. The Kier molecular flexibility index (Phi) is 4.56. The van der Waals surface area contributed by atoms with Crippen LogP contribution in [0.1, 0.15) is 12.5 Å². The first kappa shape index (κ1) is 13.1. The van der Waals surface area contributed by atoms with Crippen molar-refractivity contribution in [2.24, 2.45) is 0 Å². The number of para-hydroxylation sites is 1. The second-order valence-corrected chi connectivity index (χ2v) is 4.28. The van der Waals surface area contributed by atoms with Crippen LogP contribution in [0.3, 0.4) is 0 Å². The molecule has 2 rings (SSSR count). The summed E-state index contributed by atoms with van der Waals surface area (Å²) in [6, 6.07) is 19.1. The zero-order valence-electron chi connectivity index (χ0n) is 10.9. The summed E-state index contributed by atoms with van der Waals surface area (Å²) >= 11 is 0. The highest BCUT2D eigenvalue weighted by Crippen LogP contribution is 2.10. The number of ether oxygens (including phenoxy) is 1. The van der Waals surface area contributed by atoms with Gasteiger partial charge in [-0.25, -0.2) is 0 Å². The number of benzene rings is 2. The van der Waals surface area contributed by atoms with Crippen LogP contribution in [0.15, 0.2) is 60.7 Å². The van der Waals surface area contributed by atoms with Crippen molar-refractivity contribution in [2.45, 2.75) is 19.6 Å². The summed E-state index contributed by atoms with van der Waals surface area (Å²) in [6.07, 6.45) is -0.508. The normalized spacial score (nSPS) is 11.6. The minimum Gasteiger partial charge on any atom is -0.481 e. The molecule has 0 radical (unpaired) electrons. The lowest BCUT2D eigenvalue weighted by molar-refractivity contribution is -0.127. The predicted octanol–water partition coefficient (Wildman–Crippen LogP) is 2.77. The van der Waals surface area contributed by atoms with Crippen LogP contribution in [-0.4, -0.2) is 12.0 Å². The van der Waals surface area contributed by atoms with E-state index in [9.17, 15) is 4.79 Å². The maximum absolute atomic E-state index is 11.9. The molecule has 0 bridgehead atoms. The number of nitrogens with one attached hydrogen (secondary N) is 1. The topological polar surface area (TPSA) is 38.3 Å². The van der Waals surface area contributed by atoms with E-state index in [0.717, 1.165) is 5.56 Å². The second kappa shape index (κ2) is 6.59. The van der Waals surface area contributed by atoms with Crippen LogP contribution in [0.2, 0.25) is 0 Å². The smallest absolute Gasteiger partial charge is 0.261 e. The fourth-order valence-corrected chi connectivity index (χ4v) is 1.69. The number of hydrogen-bond donors (Lipinski definition) is 1. The Morgan fingerprint density at radius 1 is 1.05 bits per heavy atom. The zero-order chi connectivity index (χ0) is 13.5. The first-order valence-corrected chi connectivity index (χ1v) is 6.29. The highest BCUT2D eigenvalue weighted by molar-refractivity contribution is 5.80. The van der Waals surface area contributed by atoms with Crippen LogP contribution in [0.5, 0.6) is 5.75 Å². The van der Waals surface area contributed by atoms with Crippen molar-refractivity contribution >= 4 is 5.91 Å². The van der Waals surface area contributed by atoms with Gasteiger partial charge >= 0.3 is 0 Å². The third kappa shape index (κ3) is 4.14. The standard InChI is InChI=1S/C16H17NO2/c1-13(19-15-10-6-3-7-11-15)16(18)17-12-14-8-4-2-5-9-14/h2-11,13H,12H2,1H3,(H,17,18)/t13-/m0/s1. The van der Waals surface area contributed by atoms with E-state index >= 15 is 0 Å². The third-order valence-corrected chi connectivity index (χ3v) is 2.73. The largest absolute Gasteiger partial charge is 0.481 e. The van der Waals surface area contributed by atoms with Gasteiger partial charge < -0.3 is 10.1 Å². The van der Waals surface area contributed by atoms with E-state index in [1.54, 1.807) is 6.92 Å². The lowest BCUT2D eigenvalue weighted by atomic mass is 10.2. The molecule has 2 aromatic rings. The molecule has 0 heterocycles. The molecule has 3 nitrogen and oxygen atoms in total. The molecule has 0 aliphatic carbocycles. The number of carbonyl (C=O) groups excluding carboxylic acids is 1. The predicted molar refractivity (Wildman–Crippen MR) is 74.8 cm³/mol. The molecule has 2 aromatic carbocycles. The molecular weight excluding hydrogens is 238 g/mol. The summed E-state index contributed by atoms with van der Waals surface area (Å²) in [5.74, 6) is 0.581. The average Bonchev–Trinajstić information content (AvgIpc) is 2.47. The maximum atomic E-state index is 11.9. The highest BCUT2D eigenvalue weighted by atomic mass is 16.5. The van der Waals surface area contributed by atoms with Gasteiger partial charge in [0.15, 0.2) is 6.10 Å². The van der Waals surface area contributed by atoms with E-state index in [-0.39, 0.29) is 5.91 Å². The molecule has 19 heavy (non-hydrogen) atoms. The molecule has 3 heteroatoms. The Bertz CT molecular complexity index is 511. The van der Waals surface area contributed by atoms with Gasteiger partial charge in [-0.1, -0.05) is 48.5 Å². The van der Waals surface area contributed by atoms with Gasteiger partial charge in [0.2, 0.25) is 0 Å². The maximum Gasteiger partial charge on any atom is 0.261 e. The van der Waals surface area contributed by atoms with E-state index < -0.39 is 6.10 Å². The molecule has 1 atom stereocenters. The van der Waals surface area contributed by atoms with Gasteiger partial charge in [0.05, 0.1) is 0 Å². The van der Waals surface area contributed by atoms with Crippen molar-refractivity contribution in [3.05, 3.63) is 66.2 Å². The molecule has 0 saturated heterocycles. The molecule has 98 valence electrons. The summed E-state index contributed by atoms with van der Waals surface area (Å²) in [4.78, 5) is 11.9. The highest BCUT2D eigenvalue weighted by Gasteiger charge is 2.13. The van der Waals surface area contributed by atoms with E-state index in [1.807, 2.05) is 60.7 Å². The summed E-state index contributed by atoms with van der Waals surface area (Å²) < 4.78 is 5.55. The van der Waals surface area contributed by atoms with E-state index in [4.69, 9.17) is 4.74 Å². The summed E-state index contributed by atoms with van der Waals surface area (Å²) in [5, 5.41) is 2.86. The fraction of sp³-hybridized carbons (Fsp3) is 0.188. The zero-order valence-corrected chi connectivity index (χ0v) is 10.9. The van der Waals surface area contributed by atoms with E-state index in [0.29, 0.717) is 12.3 Å². The van der Waals surface area contributed by atoms with Crippen molar-refractivity contribution in [1.82, 2.24) is 5.32 Å². The quantitative estimate of drug-likeness (QED) is 0.892. The molecule has 0 aromatic heterocycles. The Hall–Kier alpha value is -2.29. The van der Waals surface area contributed by atoms with Crippen LogP contribution in [0.4, 0.5) is 0 Å². The second-order valence-electron chi connectivity index (χ2n) is 4.28. The number of amides is 1. The van der Waals surface area contributed by atoms with Gasteiger partial charge in [-0.05, 0) is 24.6 Å². The average molecular weight is 255 g/mol. The SMILES string of the molecule is C[C@H](Oc1ccccc1)C(=O)NCc1ccccc1. The van der Waals surface area contributed by atoms with Crippen LogP contribution < -0.4 is 10.1 Å². The van der Waals surface area contributed by atoms with Gasteiger partial charge in [0.25, 0.3) is 5.91 Å². The Balaban J connectivity index is 1.83. The summed E-state index contributed by atoms with van der Waals surface area (Å²) in [5.41, 5.74) is 1.07. The van der Waals surface area contributed by atoms with Gasteiger partial charge in [-0.3, -0.25) is 4.79 Å². The molecule has 0 spiro atoms. The summed E-state index contributed by atoms with van der Waals surface area (Å²) in [7, 11) is 0. The molecule has 0 aliphatic rings. The van der Waals surface area contributed by atoms with Crippen LogP contribution in [0, 0.1) is 0 Å². The van der Waals surface area contributed by atoms with E-state index in [1.165, 1.54) is 0 Å². The molecule has 1 N–H and O–H groups in total. The lowest BCUT2D eigenvalue weighted by Crippen LogP contribution is -2.35. The molecule has 0 aliphatic heterocycles. The Morgan fingerprint density at radius 2 is 1.63 bits per heavy atom. The first-order valence-electron chi connectivity index (χ1n) is 6.29.